The first-order valence-electron chi connectivity index (χ1n) is 9.78. The molecule has 0 radical (unpaired) electrons. The van der Waals surface area contributed by atoms with E-state index in [1.54, 1.807) is 19.4 Å². The number of carbonyl (C=O) groups excluding carboxylic acids is 1. The molecule has 0 saturated heterocycles. The minimum absolute atomic E-state index is 0.208. The summed E-state index contributed by atoms with van der Waals surface area (Å²) in [7, 11) is 3.08. The highest BCUT2D eigenvalue weighted by molar-refractivity contribution is 5.84. The molecule has 3 aromatic rings. The van der Waals surface area contributed by atoms with Gasteiger partial charge in [-0.05, 0) is 48.6 Å². The largest absolute Gasteiger partial charge is 0.469 e. The molecule has 0 saturated carbocycles. The average Bonchev–Trinajstić information content (AvgIpc) is 3.16. The monoisotopic (exact) mass is 393 g/mol. The maximum Gasteiger partial charge on any atom is 0.305 e. The molecule has 0 spiro atoms. The lowest BCUT2D eigenvalue weighted by Crippen LogP contribution is -2.10. The van der Waals surface area contributed by atoms with Crippen LogP contribution in [0.5, 0.6) is 0 Å². The van der Waals surface area contributed by atoms with Gasteiger partial charge in [0, 0.05) is 42.7 Å². The second-order valence-electron chi connectivity index (χ2n) is 6.85. The number of esters is 1. The van der Waals surface area contributed by atoms with Crippen molar-refractivity contribution in [2.45, 2.75) is 39.2 Å². The van der Waals surface area contributed by atoms with Gasteiger partial charge in [-0.15, -0.1) is 0 Å². The standard InChI is InChI=1S/C23H27N3O3/c1-5-16-12-17(14-24-13-16)23-19(8-7-9-22(27)29-4)20(15-28-3)25-26-18(6-2)10-11-21(23)26/h5,10-14H,1,6-9,15H2,2-4H3. The Morgan fingerprint density at radius 1 is 1.28 bits per heavy atom. The molecule has 0 amide bonds. The highest BCUT2D eigenvalue weighted by Gasteiger charge is 2.19. The van der Waals surface area contributed by atoms with Gasteiger partial charge in [0.2, 0.25) is 0 Å². The van der Waals surface area contributed by atoms with Gasteiger partial charge in [0.05, 0.1) is 24.9 Å². The van der Waals surface area contributed by atoms with Crippen molar-refractivity contribution in [2.75, 3.05) is 14.2 Å². The van der Waals surface area contributed by atoms with Crippen LogP contribution in [0, 0.1) is 0 Å². The summed E-state index contributed by atoms with van der Waals surface area (Å²) in [4.78, 5) is 16.0. The van der Waals surface area contributed by atoms with Crippen molar-refractivity contribution in [1.82, 2.24) is 14.6 Å². The molecule has 152 valence electrons. The van der Waals surface area contributed by atoms with Gasteiger partial charge in [-0.3, -0.25) is 9.78 Å². The Kier molecular flexibility index (Phi) is 6.77. The molecule has 3 rings (SSSR count). The van der Waals surface area contributed by atoms with E-state index in [0.29, 0.717) is 25.9 Å². The van der Waals surface area contributed by atoms with E-state index in [-0.39, 0.29) is 5.97 Å². The van der Waals surface area contributed by atoms with Gasteiger partial charge in [-0.25, -0.2) is 4.52 Å². The van der Waals surface area contributed by atoms with Crippen LogP contribution in [0.1, 0.15) is 42.3 Å². The smallest absolute Gasteiger partial charge is 0.305 e. The van der Waals surface area contributed by atoms with Gasteiger partial charge in [0.1, 0.15) is 0 Å². The second kappa shape index (κ2) is 9.47. The lowest BCUT2D eigenvalue weighted by molar-refractivity contribution is -0.140. The molecule has 0 N–H and O–H groups in total. The summed E-state index contributed by atoms with van der Waals surface area (Å²) < 4.78 is 12.2. The van der Waals surface area contributed by atoms with Gasteiger partial charge in [0.15, 0.2) is 0 Å². The summed E-state index contributed by atoms with van der Waals surface area (Å²) in [5.41, 5.74) is 7.13. The van der Waals surface area contributed by atoms with E-state index >= 15 is 0 Å². The van der Waals surface area contributed by atoms with E-state index < -0.39 is 0 Å². The number of hydrogen-bond donors (Lipinski definition) is 0. The third-order valence-electron chi connectivity index (χ3n) is 5.02. The van der Waals surface area contributed by atoms with Crippen molar-refractivity contribution in [3.8, 4) is 11.1 Å². The number of aryl methyl sites for hydroxylation is 1. The number of nitrogens with zero attached hydrogens (tertiary/aromatic N) is 3. The maximum atomic E-state index is 11.6. The number of pyridine rings is 1. The van der Waals surface area contributed by atoms with Crippen molar-refractivity contribution in [1.29, 1.82) is 0 Å². The van der Waals surface area contributed by atoms with Crippen LogP contribution in [0.15, 0.2) is 37.2 Å². The Balaban J connectivity index is 2.21. The predicted octanol–water partition coefficient (Wildman–Crippen LogP) is 4.24. The zero-order valence-corrected chi connectivity index (χ0v) is 17.3. The summed E-state index contributed by atoms with van der Waals surface area (Å²) in [6.07, 6.45) is 8.04. The molecule has 29 heavy (non-hydrogen) atoms. The lowest BCUT2D eigenvalue weighted by atomic mass is 9.95. The molecule has 3 aromatic heterocycles. The van der Waals surface area contributed by atoms with E-state index in [1.165, 1.54) is 7.11 Å². The van der Waals surface area contributed by atoms with E-state index in [1.807, 2.05) is 10.7 Å². The molecule has 0 atom stereocenters. The van der Waals surface area contributed by atoms with Crippen LogP contribution < -0.4 is 0 Å². The van der Waals surface area contributed by atoms with Crippen molar-refractivity contribution in [3.05, 3.63) is 59.7 Å². The fourth-order valence-electron chi connectivity index (χ4n) is 3.59. The summed E-state index contributed by atoms with van der Waals surface area (Å²) in [6, 6.07) is 6.28. The molecule has 0 aliphatic rings. The Hall–Kier alpha value is -2.99. The fourth-order valence-corrected chi connectivity index (χ4v) is 3.59. The molecule has 0 aliphatic heterocycles. The van der Waals surface area contributed by atoms with E-state index in [4.69, 9.17) is 14.6 Å². The number of methoxy groups -OCH3 is 2. The summed E-state index contributed by atoms with van der Waals surface area (Å²) in [6.45, 7) is 6.37. The SMILES string of the molecule is C=Cc1cncc(-c2c(CCCC(=O)OC)c(COC)nn3c(CC)ccc23)c1. The zero-order valence-electron chi connectivity index (χ0n) is 17.3. The topological polar surface area (TPSA) is 65.7 Å². The van der Waals surface area contributed by atoms with Crippen LogP contribution in [0.2, 0.25) is 0 Å². The fraction of sp³-hybridized carbons (Fsp3) is 0.348. The van der Waals surface area contributed by atoms with Crippen LogP contribution in [0.3, 0.4) is 0 Å². The molecule has 0 bridgehead atoms. The number of rotatable bonds is 9. The molecule has 0 aromatic carbocycles. The van der Waals surface area contributed by atoms with E-state index in [0.717, 1.165) is 45.6 Å². The van der Waals surface area contributed by atoms with Gasteiger partial charge in [0.25, 0.3) is 0 Å². The third kappa shape index (κ3) is 4.38. The van der Waals surface area contributed by atoms with Crippen LogP contribution in [0.25, 0.3) is 22.7 Å². The van der Waals surface area contributed by atoms with Crippen molar-refractivity contribution in [2.24, 2.45) is 0 Å². The number of hydrogen-bond acceptors (Lipinski definition) is 5. The van der Waals surface area contributed by atoms with Gasteiger partial charge >= 0.3 is 5.97 Å². The Morgan fingerprint density at radius 2 is 2.10 bits per heavy atom. The highest BCUT2D eigenvalue weighted by Crippen LogP contribution is 2.33. The molecule has 0 unspecified atom stereocenters. The van der Waals surface area contributed by atoms with E-state index in [9.17, 15) is 4.79 Å². The predicted molar refractivity (Wildman–Crippen MR) is 114 cm³/mol. The molecule has 0 fully saturated rings. The third-order valence-corrected chi connectivity index (χ3v) is 5.02. The minimum atomic E-state index is -0.208. The van der Waals surface area contributed by atoms with Crippen LogP contribution >= 0.6 is 0 Å². The Morgan fingerprint density at radius 3 is 2.79 bits per heavy atom. The van der Waals surface area contributed by atoms with Crippen molar-refractivity contribution >= 4 is 17.6 Å². The normalized spacial score (nSPS) is 11.0. The van der Waals surface area contributed by atoms with E-state index in [2.05, 4.69) is 36.7 Å². The summed E-state index contributed by atoms with van der Waals surface area (Å²) >= 11 is 0. The number of ether oxygens (including phenoxy) is 2. The summed E-state index contributed by atoms with van der Waals surface area (Å²) in [5, 5.41) is 4.88. The van der Waals surface area contributed by atoms with Crippen LogP contribution in [0.4, 0.5) is 0 Å². The quantitative estimate of drug-likeness (QED) is 0.509. The first-order valence-corrected chi connectivity index (χ1v) is 9.78. The number of fused-ring (bicyclic) bond motifs is 1. The van der Waals surface area contributed by atoms with Gasteiger partial charge in [-0.1, -0.05) is 19.6 Å². The minimum Gasteiger partial charge on any atom is -0.469 e. The maximum absolute atomic E-state index is 11.6. The Labute approximate surface area is 171 Å². The number of aromatic nitrogens is 3. The number of carbonyl (C=O) groups is 1. The molecule has 6 nitrogen and oxygen atoms in total. The molecule has 3 heterocycles. The second-order valence-corrected chi connectivity index (χ2v) is 6.85. The summed E-state index contributed by atoms with van der Waals surface area (Å²) in [5.74, 6) is -0.208. The first-order chi connectivity index (χ1) is 14.1. The van der Waals surface area contributed by atoms with Gasteiger partial charge < -0.3 is 9.47 Å². The van der Waals surface area contributed by atoms with Crippen LogP contribution in [-0.2, 0) is 33.7 Å². The van der Waals surface area contributed by atoms with Crippen molar-refractivity contribution < 1.29 is 14.3 Å². The van der Waals surface area contributed by atoms with Gasteiger partial charge in [-0.2, -0.15) is 5.10 Å². The molecular formula is C23H27N3O3. The zero-order chi connectivity index (χ0) is 20.8. The average molecular weight is 393 g/mol. The molecule has 0 aliphatic carbocycles. The van der Waals surface area contributed by atoms with Crippen molar-refractivity contribution in [3.63, 3.8) is 0 Å². The molecule has 6 heteroatoms. The lowest BCUT2D eigenvalue weighted by Gasteiger charge is -2.17. The van der Waals surface area contributed by atoms with Crippen LogP contribution in [-0.4, -0.2) is 34.8 Å². The molecular weight excluding hydrogens is 366 g/mol. The Bertz CT molecular complexity index is 1020. The first kappa shape index (κ1) is 20.7. The highest BCUT2D eigenvalue weighted by atomic mass is 16.5.